The summed E-state index contributed by atoms with van der Waals surface area (Å²) in [6.45, 7) is 0.438. The molecule has 1 aliphatic rings. The van der Waals surface area contributed by atoms with Gasteiger partial charge in [-0.3, -0.25) is 0 Å². The predicted molar refractivity (Wildman–Crippen MR) is 82.2 cm³/mol. The Morgan fingerprint density at radius 2 is 1.89 bits per heavy atom. The van der Waals surface area contributed by atoms with Gasteiger partial charge in [-0.25, -0.2) is 9.97 Å². The van der Waals surface area contributed by atoms with Crippen LogP contribution in [0, 0.1) is 3.57 Å². The van der Waals surface area contributed by atoms with Gasteiger partial charge in [-0.05, 0) is 35.4 Å². The lowest BCUT2D eigenvalue weighted by molar-refractivity contribution is -0.0518. The smallest absolute Gasteiger partial charge is 0.162 e. The Bertz CT molecular complexity index is 451. The fraction of sp³-hybridized carbons (Fsp3) is 0.692. The first kappa shape index (κ1) is 15.4. The van der Waals surface area contributed by atoms with Crippen molar-refractivity contribution in [3.05, 3.63) is 20.2 Å². The lowest BCUT2D eigenvalue weighted by atomic mass is 9.84. The highest BCUT2D eigenvalue weighted by Crippen LogP contribution is 2.39. The van der Waals surface area contributed by atoms with Gasteiger partial charge in [0.15, 0.2) is 5.82 Å². The maximum Gasteiger partial charge on any atom is 0.162 e. The van der Waals surface area contributed by atoms with Crippen molar-refractivity contribution in [1.82, 2.24) is 9.97 Å². The summed E-state index contributed by atoms with van der Waals surface area (Å²) in [4.78, 5) is 9.09. The van der Waals surface area contributed by atoms with E-state index in [4.69, 9.17) is 21.1 Å². The molecular weight excluding hydrogens is 379 g/mol. The van der Waals surface area contributed by atoms with Gasteiger partial charge in [-0.15, -0.1) is 0 Å². The molecule has 0 amide bonds. The van der Waals surface area contributed by atoms with E-state index >= 15 is 0 Å². The van der Waals surface area contributed by atoms with Crippen LogP contribution >= 0.6 is 34.2 Å². The minimum atomic E-state index is -0.380. The van der Waals surface area contributed by atoms with Crippen LogP contribution in [0.25, 0.3) is 0 Å². The number of aromatic nitrogens is 2. The first-order valence-corrected chi connectivity index (χ1v) is 7.85. The van der Waals surface area contributed by atoms with Gasteiger partial charge in [0.1, 0.15) is 10.8 Å². The Morgan fingerprint density at radius 1 is 1.21 bits per heavy atom. The van der Waals surface area contributed by atoms with Gasteiger partial charge < -0.3 is 9.47 Å². The van der Waals surface area contributed by atoms with Gasteiger partial charge in [0, 0.05) is 14.2 Å². The van der Waals surface area contributed by atoms with Crippen LogP contribution in [0.15, 0.2) is 0 Å². The highest BCUT2D eigenvalue weighted by atomic mass is 127. The topological polar surface area (TPSA) is 44.2 Å². The van der Waals surface area contributed by atoms with Crippen molar-refractivity contribution < 1.29 is 9.47 Å². The third-order valence-electron chi connectivity index (χ3n) is 3.62. The first-order chi connectivity index (χ1) is 9.13. The molecule has 0 aromatic carbocycles. The van der Waals surface area contributed by atoms with E-state index in [1.165, 1.54) is 6.42 Å². The van der Waals surface area contributed by atoms with E-state index in [1.54, 1.807) is 14.2 Å². The van der Waals surface area contributed by atoms with Gasteiger partial charge in [0.2, 0.25) is 0 Å². The van der Waals surface area contributed by atoms with Gasteiger partial charge in [0.05, 0.1) is 15.9 Å². The lowest BCUT2D eigenvalue weighted by Gasteiger charge is -2.34. The van der Waals surface area contributed by atoms with E-state index in [9.17, 15) is 0 Å². The van der Waals surface area contributed by atoms with Gasteiger partial charge in [-0.2, -0.15) is 0 Å². The zero-order valence-corrected chi connectivity index (χ0v) is 14.1. The Hall–Kier alpha value is 0.0200. The Morgan fingerprint density at radius 3 is 2.47 bits per heavy atom. The summed E-state index contributed by atoms with van der Waals surface area (Å²) >= 11 is 8.38. The molecule has 0 spiro atoms. The number of rotatable bonds is 4. The van der Waals surface area contributed by atoms with E-state index in [2.05, 4.69) is 32.6 Å². The van der Waals surface area contributed by atoms with E-state index in [1.807, 2.05) is 0 Å². The average Bonchev–Trinajstić information content (AvgIpc) is 2.44. The van der Waals surface area contributed by atoms with Crippen LogP contribution in [0.2, 0.25) is 5.15 Å². The molecule has 6 heteroatoms. The van der Waals surface area contributed by atoms with Crippen molar-refractivity contribution in [2.24, 2.45) is 0 Å². The third-order valence-corrected chi connectivity index (χ3v) is 5.35. The number of halogens is 2. The van der Waals surface area contributed by atoms with Gasteiger partial charge in [0.25, 0.3) is 0 Å². The molecule has 0 saturated heterocycles. The fourth-order valence-corrected chi connectivity index (χ4v) is 3.13. The molecule has 1 fully saturated rings. The van der Waals surface area contributed by atoms with Crippen molar-refractivity contribution in [2.45, 2.75) is 44.3 Å². The number of ether oxygens (including phenoxy) is 2. The molecule has 1 heterocycles. The van der Waals surface area contributed by atoms with Crippen LogP contribution in [0.3, 0.4) is 0 Å². The first-order valence-electron chi connectivity index (χ1n) is 6.39. The Kier molecular flexibility index (Phi) is 5.39. The van der Waals surface area contributed by atoms with Crippen LogP contribution < -0.4 is 0 Å². The largest absolute Gasteiger partial charge is 0.378 e. The van der Waals surface area contributed by atoms with E-state index < -0.39 is 0 Å². The van der Waals surface area contributed by atoms with Crippen molar-refractivity contribution in [3.8, 4) is 0 Å². The number of nitrogens with zero attached hydrogens (tertiary/aromatic N) is 2. The quantitative estimate of drug-likeness (QED) is 0.575. The third kappa shape index (κ3) is 3.20. The number of hydrogen-bond acceptors (Lipinski definition) is 4. The summed E-state index contributed by atoms with van der Waals surface area (Å²) in [6, 6.07) is 0. The summed E-state index contributed by atoms with van der Waals surface area (Å²) in [5.41, 5.74) is 0.453. The highest BCUT2D eigenvalue weighted by Gasteiger charge is 2.37. The molecule has 1 aromatic rings. The van der Waals surface area contributed by atoms with Crippen molar-refractivity contribution in [2.75, 3.05) is 14.2 Å². The van der Waals surface area contributed by atoms with Crippen LogP contribution in [-0.4, -0.2) is 24.2 Å². The van der Waals surface area contributed by atoms with E-state index in [0.717, 1.165) is 34.9 Å². The standard InChI is InChI=1S/C13H18ClIN2O2/c1-18-8-9-10(15)11(14)17-12(16-9)13(19-2)6-4-3-5-7-13/h3-8H2,1-2H3. The second-order valence-electron chi connectivity index (χ2n) is 4.79. The average molecular weight is 397 g/mol. The monoisotopic (exact) mass is 396 g/mol. The summed E-state index contributed by atoms with van der Waals surface area (Å²) in [6.07, 6.45) is 5.43. The van der Waals surface area contributed by atoms with Crippen molar-refractivity contribution >= 4 is 34.2 Å². The van der Waals surface area contributed by atoms with Gasteiger partial charge >= 0.3 is 0 Å². The molecule has 1 aromatic heterocycles. The van der Waals surface area contributed by atoms with Crippen LogP contribution in [0.1, 0.15) is 43.6 Å². The van der Waals surface area contributed by atoms with Crippen LogP contribution in [0.5, 0.6) is 0 Å². The Labute approximate surface area is 132 Å². The number of hydrogen-bond donors (Lipinski definition) is 0. The SMILES string of the molecule is COCc1nc(C2(OC)CCCCC2)nc(Cl)c1I. The van der Waals surface area contributed by atoms with E-state index in [-0.39, 0.29) is 5.60 Å². The highest BCUT2D eigenvalue weighted by molar-refractivity contribution is 14.1. The fourth-order valence-electron chi connectivity index (χ4n) is 2.54. The maximum atomic E-state index is 6.22. The molecule has 19 heavy (non-hydrogen) atoms. The molecule has 0 radical (unpaired) electrons. The van der Waals surface area contributed by atoms with Crippen molar-refractivity contribution in [1.29, 1.82) is 0 Å². The summed E-state index contributed by atoms with van der Waals surface area (Å²) < 4.78 is 11.8. The maximum absolute atomic E-state index is 6.22. The minimum absolute atomic E-state index is 0.380. The molecule has 2 rings (SSSR count). The molecule has 0 N–H and O–H groups in total. The molecule has 1 aliphatic carbocycles. The summed E-state index contributed by atoms with van der Waals surface area (Å²) in [5.74, 6) is 0.701. The zero-order chi connectivity index (χ0) is 13.9. The molecule has 1 saturated carbocycles. The summed E-state index contributed by atoms with van der Waals surface area (Å²) in [7, 11) is 3.38. The zero-order valence-electron chi connectivity index (χ0n) is 11.2. The molecule has 0 atom stereocenters. The van der Waals surface area contributed by atoms with Gasteiger partial charge in [-0.1, -0.05) is 30.9 Å². The molecule has 0 unspecified atom stereocenters. The predicted octanol–water partition coefficient (Wildman–Crippen LogP) is 3.69. The molecule has 0 bridgehead atoms. The van der Waals surface area contributed by atoms with Crippen molar-refractivity contribution in [3.63, 3.8) is 0 Å². The molecular formula is C13H18ClIN2O2. The van der Waals surface area contributed by atoms with E-state index in [0.29, 0.717) is 17.6 Å². The molecule has 0 aliphatic heterocycles. The van der Waals surface area contributed by atoms with Crippen LogP contribution in [-0.2, 0) is 21.7 Å². The second kappa shape index (κ2) is 6.65. The van der Waals surface area contributed by atoms with Crippen LogP contribution in [0.4, 0.5) is 0 Å². The summed E-state index contributed by atoms with van der Waals surface area (Å²) in [5, 5.41) is 0.486. The molecule has 106 valence electrons. The normalized spacial score (nSPS) is 18.5. The second-order valence-corrected chi connectivity index (χ2v) is 6.23. The number of methoxy groups -OCH3 is 2. The molecule has 4 nitrogen and oxygen atoms in total. The lowest BCUT2D eigenvalue weighted by Crippen LogP contribution is -2.34. The minimum Gasteiger partial charge on any atom is -0.378 e. The Balaban J connectivity index is 2.42.